The molecule has 1 aliphatic rings. The van der Waals surface area contributed by atoms with Crippen LogP contribution >= 0.6 is 11.6 Å². The lowest BCUT2D eigenvalue weighted by Gasteiger charge is -2.23. The van der Waals surface area contributed by atoms with Gasteiger partial charge in [-0.05, 0) is 55.5 Å². The predicted molar refractivity (Wildman–Crippen MR) is 99.6 cm³/mol. The molecule has 0 heterocycles. The summed E-state index contributed by atoms with van der Waals surface area (Å²) < 4.78 is 0. The van der Waals surface area contributed by atoms with Crippen LogP contribution in [0.2, 0.25) is 5.02 Å². The van der Waals surface area contributed by atoms with E-state index in [-0.39, 0.29) is 12.5 Å². The quantitative estimate of drug-likeness (QED) is 0.588. The van der Waals surface area contributed by atoms with Crippen LogP contribution in [0.4, 0.5) is 5.69 Å². The summed E-state index contributed by atoms with van der Waals surface area (Å²) >= 11 is 6.15. The molecule has 1 unspecified atom stereocenters. The van der Waals surface area contributed by atoms with E-state index in [1.54, 1.807) is 19.1 Å². The van der Waals surface area contributed by atoms with E-state index in [0.717, 1.165) is 18.5 Å². The van der Waals surface area contributed by atoms with Gasteiger partial charge in [-0.25, -0.2) is 4.99 Å². The maximum Gasteiger partial charge on any atom is 0.193 e. The van der Waals surface area contributed by atoms with Crippen molar-refractivity contribution >= 4 is 23.2 Å². The number of hydrogen-bond acceptors (Lipinski definition) is 2. The van der Waals surface area contributed by atoms with Crippen molar-refractivity contribution < 1.29 is 5.11 Å². The van der Waals surface area contributed by atoms with E-state index in [9.17, 15) is 5.11 Å². The van der Waals surface area contributed by atoms with Crippen LogP contribution in [0.1, 0.15) is 30.0 Å². The monoisotopic (exact) mass is 343 g/mol. The van der Waals surface area contributed by atoms with Crippen LogP contribution in [-0.4, -0.2) is 17.6 Å². The molecule has 0 spiro atoms. The molecule has 1 aliphatic carbocycles. The molecule has 0 radical (unpaired) electrons. The Bertz CT molecular complexity index is 771. The maximum absolute atomic E-state index is 10.6. The standard InChI is InChI=1S/C19H22ClN3O/c1-19(24,16-7-2-3-8-17(16)20)12-22-18(21)23-15-10-9-13-5-4-6-14(13)11-15/h2-3,7-11,24H,4-6,12H2,1H3,(H3,21,22,23). The van der Waals surface area contributed by atoms with Crippen molar-refractivity contribution in [3.8, 4) is 0 Å². The lowest BCUT2D eigenvalue weighted by Crippen LogP contribution is -2.30. The van der Waals surface area contributed by atoms with Crippen molar-refractivity contribution in [2.75, 3.05) is 11.9 Å². The third kappa shape index (κ3) is 3.71. The first-order chi connectivity index (χ1) is 11.5. The molecule has 2 aromatic rings. The fourth-order valence-electron chi connectivity index (χ4n) is 3.06. The largest absolute Gasteiger partial charge is 0.383 e. The van der Waals surface area contributed by atoms with E-state index >= 15 is 0 Å². The molecule has 0 saturated carbocycles. The van der Waals surface area contributed by atoms with Crippen molar-refractivity contribution in [2.24, 2.45) is 10.7 Å². The Hall–Kier alpha value is -2.04. The molecule has 3 rings (SSSR count). The van der Waals surface area contributed by atoms with E-state index < -0.39 is 5.60 Å². The molecule has 1 atom stereocenters. The molecule has 4 N–H and O–H groups in total. The summed E-state index contributed by atoms with van der Waals surface area (Å²) in [6.45, 7) is 1.81. The highest BCUT2D eigenvalue weighted by Crippen LogP contribution is 2.28. The summed E-state index contributed by atoms with van der Waals surface area (Å²) in [6, 6.07) is 13.5. The number of rotatable bonds is 4. The van der Waals surface area contributed by atoms with Crippen molar-refractivity contribution in [1.82, 2.24) is 0 Å². The van der Waals surface area contributed by atoms with Gasteiger partial charge in [-0.15, -0.1) is 0 Å². The van der Waals surface area contributed by atoms with Gasteiger partial charge in [-0.3, -0.25) is 0 Å². The predicted octanol–water partition coefficient (Wildman–Crippen LogP) is 3.46. The van der Waals surface area contributed by atoms with Crippen LogP contribution in [0, 0.1) is 0 Å². The van der Waals surface area contributed by atoms with Crippen LogP contribution in [-0.2, 0) is 18.4 Å². The van der Waals surface area contributed by atoms with Gasteiger partial charge in [0.25, 0.3) is 0 Å². The number of guanidine groups is 1. The van der Waals surface area contributed by atoms with Crippen LogP contribution < -0.4 is 11.1 Å². The number of fused-ring (bicyclic) bond motifs is 1. The molecule has 4 nitrogen and oxygen atoms in total. The van der Waals surface area contributed by atoms with Crippen molar-refractivity contribution in [2.45, 2.75) is 31.8 Å². The molecule has 126 valence electrons. The Kier molecular flexibility index (Phi) is 4.78. The first-order valence-electron chi connectivity index (χ1n) is 8.12. The summed E-state index contributed by atoms with van der Waals surface area (Å²) in [4.78, 5) is 4.28. The lowest BCUT2D eigenvalue weighted by atomic mass is 9.96. The summed E-state index contributed by atoms with van der Waals surface area (Å²) in [7, 11) is 0. The third-order valence-corrected chi connectivity index (χ3v) is 4.71. The highest BCUT2D eigenvalue weighted by molar-refractivity contribution is 6.31. The van der Waals surface area contributed by atoms with Crippen LogP contribution in [0.25, 0.3) is 0 Å². The van der Waals surface area contributed by atoms with Crippen LogP contribution in [0.5, 0.6) is 0 Å². The summed E-state index contributed by atoms with van der Waals surface area (Å²) in [5.41, 5.74) is 9.14. The topological polar surface area (TPSA) is 70.6 Å². The van der Waals surface area contributed by atoms with E-state index in [2.05, 4.69) is 22.4 Å². The minimum atomic E-state index is -1.18. The smallest absolute Gasteiger partial charge is 0.193 e. The second-order valence-electron chi connectivity index (χ2n) is 6.42. The number of aliphatic hydroxyl groups is 1. The van der Waals surface area contributed by atoms with E-state index in [1.807, 2.05) is 18.2 Å². The number of halogens is 1. The molecule has 0 saturated heterocycles. The first kappa shape index (κ1) is 16.8. The second-order valence-corrected chi connectivity index (χ2v) is 6.82. The van der Waals surface area contributed by atoms with E-state index in [4.69, 9.17) is 17.3 Å². The van der Waals surface area contributed by atoms with Crippen LogP contribution in [0.15, 0.2) is 47.5 Å². The zero-order valence-corrected chi connectivity index (χ0v) is 14.5. The van der Waals surface area contributed by atoms with Gasteiger partial charge < -0.3 is 16.2 Å². The minimum absolute atomic E-state index is 0.126. The second kappa shape index (κ2) is 6.83. The molecule has 0 amide bonds. The number of anilines is 1. The molecule has 5 heteroatoms. The van der Waals surface area contributed by atoms with Gasteiger partial charge in [0.05, 0.1) is 6.54 Å². The van der Waals surface area contributed by atoms with Gasteiger partial charge in [0, 0.05) is 16.3 Å². The SMILES string of the molecule is CC(O)(CN=C(N)Nc1ccc2c(c1)CCC2)c1ccccc1Cl. The normalized spacial score (nSPS) is 16.5. The Morgan fingerprint density at radius 1 is 1.25 bits per heavy atom. The zero-order chi connectivity index (χ0) is 17.2. The molecular weight excluding hydrogens is 322 g/mol. The number of aryl methyl sites for hydroxylation is 2. The number of benzene rings is 2. The minimum Gasteiger partial charge on any atom is -0.383 e. The highest BCUT2D eigenvalue weighted by atomic mass is 35.5. The number of nitrogens with two attached hydrogens (primary N) is 1. The van der Waals surface area contributed by atoms with Gasteiger partial charge in [-0.1, -0.05) is 35.9 Å². The Balaban J connectivity index is 1.69. The number of aliphatic imine (C=N–C) groups is 1. The molecule has 0 bridgehead atoms. The van der Waals surface area contributed by atoms with Gasteiger partial charge >= 0.3 is 0 Å². The number of nitrogens with one attached hydrogen (secondary N) is 1. The maximum atomic E-state index is 10.6. The Morgan fingerprint density at radius 3 is 2.79 bits per heavy atom. The molecule has 24 heavy (non-hydrogen) atoms. The Morgan fingerprint density at radius 2 is 2.00 bits per heavy atom. The van der Waals surface area contributed by atoms with Gasteiger partial charge in [0.15, 0.2) is 5.96 Å². The summed E-state index contributed by atoms with van der Waals surface area (Å²) in [6.07, 6.45) is 3.48. The van der Waals surface area contributed by atoms with Gasteiger partial charge in [0.2, 0.25) is 0 Å². The fraction of sp³-hybridized carbons (Fsp3) is 0.316. The first-order valence-corrected chi connectivity index (χ1v) is 8.50. The van der Waals surface area contributed by atoms with Crippen LogP contribution in [0.3, 0.4) is 0 Å². The third-order valence-electron chi connectivity index (χ3n) is 4.38. The molecule has 0 aromatic heterocycles. The van der Waals surface area contributed by atoms with Gasteiger partial charge in [0.1, 0.15) is 5.60 Å². The van der Waals surface area contributed by atoms with E-state index in [0.29, 0.717) is 10.6 Å². The van der Waals surface area contributed by atoms with Crippen molar-refractivity contribution in [1.29, 1.82) is 0 Å². The fourth-order valence-corrected chi connectivity index (χ4v) is 3.40. The molecular formula is C19H22ClN3O. The number of nitrogens with zero attached hydrogens (tertiary/aromatic N) is 1. The molecule has 0 aliphatic heterocycles. The average molecular weight is 344 g/mol. The molecule has 0 fully saturated rings. The summed E-state index contributed by atoms with van der Waals surface area (Å²) in [5, 5.41) is 14.2. The Labute approximate surface area is 147 Å². The highest BCUT2D eigenvalue weighted by Gasteiger charge is 2.25. The van der Waals surface area contributed by atoms with E-state index in [1.165, 1.54) is 17.5 Å². The zero-order valence-electron chi connectivity index (χ0n) is 13.7. The van der Waals surface area contributed by atoms with Crippen molar-refractivity contribution in [3.63, 3.8) is 0 Å². The summed E-state index contributed by atoms with van der Waals surface area (Å²) in [5.74, 6) is 0.278. The van der Waals surface area contributed by atoms with Crippen molar-refractivity contribution in [3.05, 3.63) is 64.2 Å². The molecule has 2 aromatic carbocycles. The van der Waals surface area contributed by atoms with Gasteiger partial charge in [-0.2, -0.15) is 0 Å². The number of hydrogen-bond donors (Lipinski definition) is 3. The lowest BCUT2D eigenvalue weighted by molar-refractivity contribution is 0.0675. The average Bonchev–Trinajstić information content (AvgIpc) is 3.01.